The van der Waals surface area contributed by atoms with Gasteiger partial charge < -0.3 is 8.85 Å². The molecular formula is C11H26O2Si. The molecule has 1 unspecified atom stereocenters. The fourth-order valence-electron chi connectivity index (χ4n) is 1.56. The zero-order valence-electron chi connectivity index (χ0n) is 10.2. The van der Waals surface area contributed by atoms with Gasteiger partial charge in [0.15, 0.2) is 0 Å². The van der Waals surface area contributed by atoms with E-state index in [9.17, 15) is 0 Å². The molecule has 86 valence electrons. The third-order valence-corrected chi connectivity index (χ3v) is 4.98. The van der Waals surface area contributed by atoms with Gasteiger partial charge in [-0.1, -0.05) is 33.1 Å². The number of hydrogen-bond acceptors (Lipinski definition) is 2. The normalized spacial score (nSPS) is 13.5. The van der Waals surface area contributed by atoms with Gasteiger partial charge in [0.25, 0.3) is 0 Å². The lowest BCUT2D eigenvalue weighted by Gasteiger charge is -2.21. The van der Waals surface area contributed by atoms with E-state index in [0.29, 0.717) is 5.54 Å². The second kappa shape index (κ2) is 9.68. The number of hydrogen-bond donors (Lipinski definition) is 0. The average molecular weight is 218 g/mol. The van der Waals surface area contributed by atoms with E-state index in [-0.39, 0.29) is 0 Å². The lowest BCUT2D eigenvalue weighted by Crippen LogP contribution is -2.27. The van der Waals surface area contributed by atoms with E-state index in [1.54, 1.807) is 0 Å². The molecule has 0 saturated heterocycles. The summed E-state index contributed by atoms with van der Waals surface area (Å²) in [6.07, 6.45) is 5.22. The summed E-state index contributed by atoms with van der Waals surface area (Å²) in [5, 5.41) is 0. The largest absolute Gasteiger partial charge is 0.397 e. The number of unbranched alkanes of at least 4 members (excludes halogenated alkanes) is 2. The lowest BCUT2D eigenvalue weighted by molar-refractivity contribution is 0.203. The van der Waals surface area contributed by atoms with Crippen molar-refractivity contribution in [1.29, 1.82) is 0 Å². The Morgan fingerprint density at radius 2 is 1.57 bits per heavy atom. The summed E-state index contributed by atoms with van der Waals surface area (Å²) in [5.41, 5.74) is 0.654. The molecular weight excluding hydrogens is 192 g/mol. The first kappa shape index (κ1) is 14.1. The molecule has 0 aromatic rings. The van der Waals surface area contributed by atoms with Crippen molar-refractivity contribution < 1.29 is 8.85 Å². The third-order valence-electron chi connectivity index (χ3n) is 2.39. The fourth-order valence-corrected chi connectivity index (χ4v) is 3.48. The molecule has 3 heteroatoms. The Kier molecular flexibility index (Phi) is 9.78. The molecule has 0 heterocycles. The Morgan fingerprint density at radius 1 is 1.00 bits per heavy atom. The van der Waals surface area contributed by atoms with Crippen LogP contribution in [0, 0.1) is 0 Å². The zero-order chi connectivity index (χ0) is 10.8. The Morgan fingerprint density at radius 3 is 2.00 bits per heavy atom. The van der Waals surface area contributed by atoms with Gasteiger partial charge in [-0.05, 0) is 25.8 Å². The van der Waals surface area contributed by atoms with Crippen LogP contribution in [0.15, 0.2) is 0 Å². The minimum absolute atomic E-state index is 0.654. The highest BCUT2D eigenvalue weighted by atomic mass is 28.3. The summed E-state index contributed by atoms with van der Waals surface area (Å²) >= 11 is 0. The van der Waals surface area contributed by atoms with Gasteiger partial charge in [0.1, 0.15) is 0 Å². The van der Waals surface area contributed by atoms with Crippen molar-refractivity contribution in [3.63, 3.8) is 0 Å². The standard InChI is InChI=1S/C11H26O2Si/c1-5-8-9-10-11(4)14(12-6-2)13-7-3/h11,14H,5-10H2,1-4H3. The predicted molar refractivity (Wildman–Crippen MR) is 64.0 cm³/mol. The first-order valence-electron chi connectivity index (χ1n) is 5.99. The highest BCUT2D eigenvalue weighted by Crippen LogP contribution is 2.19. The molecule has 0 amide bonds. The van der Waals surface area contributed by atoms with Gasteiger partial charge in [0.2, 0.25) is 0 Å². The Balaban J connectivity index is 3.69. The van der Waals surface area contributed by atoms with Gasteiger partial charge >= 0.3 is 9.28 Å². The van der Waals surface area contributed by atoms with E-state index < -0.39 is 9.28 Å². The molecule has 0 aliphatic carbocycles. The van der Waals surface area contributed by atoms with Crippen LogP contribution in [0.1, 0.15) is 53.4 Å². The van der Waals surface area contributed by atoms with Crippen LogP contribution in [0.2, 0.25) is 5.54 Å². The molecule has 0 N–H and O–H groups in total. The van der Waals surface area contributed by atoms with E-state index in [1.807, 2.05) is 0 Å². The summed E-state index contributed by atoms with van der Waals surface area (Å²) in [5.74, 6) is 0. The SMILES string of the molecule is CCCCCC(C)[SiH](OCC)OCC. The maximum atomic E-state index is 5.69. The fraction of sp³-hybridized carbons (Fsp3) is 1.00. The van der Waals surface area contributed by atoms with E-state index in [4.69, 9.17) is 8.85 Å². The van der Waals surface area contributed by atoms with Crippen molar-refractivity contribution in [3.8, 4) is 0 Å². The quantitative estimate of drug-likeness (QED) is 0.437. The van der Waals surface area contributed by atoms with Crippen molar-refractivity contribution >= 4 is 9.28 Å². The van der Waals surface area contributed by atoms with Crippen molar-refractivity contribution in [1.82, 2.24) is 0 Å². The molecule has 2 nitrogen and oxygen atoms in total. The molecule has 0 spiro atoms. The molecule has 0 aromatic heterocycles. The van der Waals surface area contributed by atoms with Crippen LogP contribution in [0.5, 0.6) is 0 Å². The van der Waals surface area contributed by atoms with Crippen molar-refractivity contribution in [2.45, 2.75) is 58.9 Å². The maximum absolute atomic E-state index is 5.69. The summed E-state index contributed by atoms with van der Waals surface area (Å²) < 4.78 is 11.4. The van der Waals surface area contributed by atoms with Crippen LogP contribution in [-0.2, 0) is 8.85 Å². The van der Waals surface area contributed by atoms with E-state index in [2.05, 4.69) is 27.7 Å². The topological polar surface area (TPSA) is 18.5 Å². The van der Waals surface area contributed by atoms with Gasteiger partial charge in [0, 0.05) is 13.2 Å². The van der Waals surface area contributed by atoms with Gasteiger partial charge in [-0.2, -0.15) is 0 Å². The van der Waals surface area contributed by atoms with Crippen molar-refractivity contribution in [2.75, 3.05) is 13.2 Å². The summed E-state index contributed by atoms with van der Waals surface area (Å²) in [6, 6.07) is 0. The monoisotopic (exact) mass is 218 g/mol. The van der Waals surface area contributed by atoms with Crippen LogP contribution < -0.4 is 0 Å². The van der Waals surface area contributed by atoms with E-state index in [0.717, 1.165) is 13.2 Å². The molecule has 0 rings (SSSR count). The van der Waals surface area contributed by atoms with Gasteiger partial charge in [-0.15, -0.1) is 0 Å². The molecule has 0 saturated carbocycles. The molecule has 0 aliphatic heterocycles. The van der Waals surface area contributed by atoms with Crippen LogP contribution in [0.3, 0.4) is 0 Å². The summed E-state index contributed by atoms with van der Waals surface area (Å²) in [6.45, 7) is 10.2. The highest BCUT2D eigenvalue weighted by Gasteiger charge is 2.20. The Hall–Kier alpha value is 0.137. The molecule has 0 aliphatic rings. The minimum atomic E-state index is -1.37. The lowest BCUT2D eigenvalue weighted by atomic mass is 10.2. The van der Waals surface area contributed by atoms with Crippen LogP contribution >= 0.6 is 0 Å². The Labute approximate surface area is 90.8 Å². The second-order valence-electron chi connectivity index (χ2n) is 3.75. The molecule has 0 aromatic carbocycles. The second-order valence-corrected chi connectivity index (χ2v) is 6.29. The minimum Gasteiger partial charge on any atom is -0.397 e. The smallest absolute Gasteiger partial charge is 0.324 e. The third kappa shape index (κ3) is 6.57. The first-order chi connectivity index (χ1) is 6.76. The molecule has 0 fully saturated rings. The zero-order valence-corrected chi connectivity index (χ0v) is 11.4. The average Bonchev–Trinajstić information content (AvgIpc) is 2.18. The van der Waals surface area contributed by atoms with Crippen LogP contribution in [0.4, 0.5) is 0 Å². The van der Waals surface area contributed by atoms with E-state index in [1.165, 1.54) is 25.7 Å². The molecule has 0 bridgehead atoms. The predicted octanol–water partition coefficient (Wildman–Crippen LogP) is 3.25. The number of rotatable bonds is 9. The van der Waals surface area contributed by atoms with Gasteiger partial charge in [-0.3, -0.25) is 0 Å². The Bertz CT molecular complexity index is 114. The van der Waals surface area contributed by atoms with E-state index >= 15 is 0 Å². The maximum Gasteiger partial charge on any atom is 0.324 e. The summed E-state index contributed by atoms with van der Waals surface area (Å²) in [4.78, 5) is 0. The van der Waals surface area contributed by atoms with Crippen LogP contribution in [0.25, 0.3) is 0 Å². The highest BCUT2D eigenvalue weighted by molar-refractivity contribution is 6.46. The summed E-state index contributed by atoms with van der Waals surface area (Å²) in [7, 11) is -1.37. The van der Waals surface area contributed by atoms with Gasteiger partial charge in [-0.25, -0.2) is 0 Å². The van der Waals surface area contributed by atoms with Crippen LogP contribution in [-0.4, -0.2) is 22.5 Å². The van der Waals surface area contributed by atoms with Crippen molar-refractivity contribution in [3.05, 3.63) is 0 Å². The first-order valence-corrected chi connectivity index (χ1v) is 7.60. The molecule has 0 radical (unpaired) electrons. The molecule has 14 heavy (non-hydrogen) atoms. The molecule has 1 atom stereocenters. The van der Waals surface area contributed by atoms with Gasteiger partial charge in [0.05, 0.1) is 0 Å². The van der Waals surface area contributed by atoms with Crippen molar-refractivity contribution in [2.24, 2.45) is 0 Å².